The molecule has 3 rings (SSSR count). The van der Waals surface area contributed by atoms with Crippen molar-refractivity contribution in [3.05, 3.63) is 40.7 Å². The average molecular weight is 286 g/mol. The Morgan fingerprint density at radius 2 is 2.19 bits per heavy atom. The highest BCUT2D eigenvalue weighted by Crippen LogP contribution is 2.30. The summed E-state index contributed by atoms with van der Waals surface area (Å²) in [5, 5.41) is 15.8. The zero-order valence-corrected chi connectivity index (χ0v) is 12.0. The predicted molar refractivity (Wildman–Crippen MR) is 82.5 cm³/mol. The quantitative estimate of drug-likeness (QED) is 0.653. The molecule has 6 heteroatoms. The normalized spacial score (nSPS) is 14.6. The van der Waals surface area contributed by atoms with Crippen LogP contribution in [0.2, 0.25) is 0 Å². The third kappa shape index (κ3) is 2.95. The monoisotopic (exact) mass is 286 g/mol. The summed E-state index contributed by atoms with van der Waals surface area (Å²) in [4.78, 5) is 17.1. The fourth-order valence-electron chi connectivity index (χ4n) is 2.55. The molecular weight excluding hydrogens is 268 g/mol. The maximum absolute atomic E-state index is 11.1. The molecule has 0 saturated heterocycles. The molecule has 0 spiro atoms. The van der Waals surface area contributed by atoms with E-state index in [9.17, 15) is 10.1 Å². The van der Waals surface area contributed by atoms with Crippen molar-refractivity contribution in [1.82, 2.24) is 9.88 Å². The number of likely N-dealkylation sites (N-methyl/N-ethyl adjacent to an activating group) is 1. The maximum Gasteiger partial charge on any atom is 0.277 e. The van der Waals surface area contributed by atoms with Crippen LogP contribution in [0.4, 0.5) is 11.4 Å². The summed E-state index contributed by atoms with van der Waals surface area (Å²) in [5.41, 5.74) is 1.01. The summed E-state index contributed by atoms with van der Waals surface area (Å²) in [6, 6.07) is 5.74. The number of hydrogen-bond donors (Lipinski definition) is 1. The molecule has 1 saturated carbocycles. The fraction of sp³-hybridized carbons (Fsp3) is 0.400. The first-order chi connectivity index (χ1) is 10.2. The van der Waals surface area contributed by atoms with Gasteiger partial charge in [0.25, 0.3) is 5.69 Å². The molecule has 2 aromatic rings. The summed E-state index contributed by atoms with van der Waals surface area (Å²) in [6.45, 7) is 1.78. The van der Waals surface area contributed by atoms with E-state index in [1.807, 2.05) is 0 Å². The largest absolute Gasteiger partial charge is 0.383 e. The van der Waals surface area contributed by atoms with Crippen LogP contribution < -0.4 is 5.32 Å². The number of nitrogens with one attached hydrogen (secondary N) is 1. The Kier molecular flexibility index (Phi) is 3.70. The van der Waals surface area contributed by atoms with Crippen molar-refractivity contribution in [2.24, 2.45) is 0 Å². The Bertz CT molecular complexity index is 670. The molecule has 0 radical (unpaired) electrons. The third-order valence-corrected chi connectivity index (χ3v) is 3.94. The van der Waals surface area contributed by atoms with Gasteiger partial charge in [0.15, 0.2) is 0 Å². The molecule has 1 aliphatic carbocycles. The van der Waals surface area contributed by atoms with Crippen LogP contribution in [-0.4, -0.2) is 41.0 Å². The van der Waals surface area contributed by atoms with E-state index in [1.165, 1.54) is 12.8 Å². The summed E-state index contributed by atoms with van der Waals surface area (Å²) >= 11 is 0. The second-order valence-corrected chi connectivity index (χ2v) is 5.45. The van der Waals surface area contributed by atoms with Gasteiger partial charge >= 0.3 is 0 Å². The van der Waals surface area contributed by atoms with E-state index < -0.39 is 0 Å². The zero-order valence-electron chi connectivity index (χ0n) is 12.0. The van der Waals surface area contributed by atoms with Crippen LogP contribution >= 0.6 is 0 Å². The Labute approximate surface area is 122 Å². The number of nitro benzene ring substituents is 1. The molecule has 1 aliphatic rings. The first kappa shape index (κ1) is 13.8. The van der Waals surface area contributed by atoms with Gasteiger partial charge < -0.3 is 10.2 Å². The molecule has 0 amide bonds. The highest BCUT2D eigenvalue weighted by atomic mass is 16.6. The Morgan fingerprint density at radius 3 is 2.90 bits per heavy atom. The van der Waals surface area contributed by atoms with Crippen LogP contribution in [0.25, 0.3) is 10.8 Å². The summed E-state index contributed by atoms with van der Waals surface area (Å²) < 4.78 is 0. The third-order valence-electron chi connectivity index (χ3n) is 3.94. The lowest BCUT2D eigenvalue weighted by Gasteiger charge is -2.17. The standard InChI is InChI=1S/C15H18N4O2/c1-18(11-2-3-11)9-8-17-14-4-5-15(19(20)21)12-6-7-16-10-13(12)14/h4-7,10-11,17H,2-3,8-9H2,1H3. The van der Waals surface area contributed by atoms with Gasteiger partial charge in [-0.15, -0.1) is 0 Å². The lowest BCUT2D eigenvalue weighted by molar-refractivity contribution is -0.383. The number of rotatable bonds is 6. The summed E-state index contributed by atoms with van der Waals surface area (Å²) in [6.07, 6.45) is 5.84. The molecule has 110 valence electrons. The van der Waals surface area contributed by atoms with Gasteiger partial charge in [-0.1, -0.05) is 0 Å². The molecule has 1 aromatic carbocycles. The number of aromatic nitrogens is 1. The van der Waals surface area contributed by atoms with Crippen molar-refractivity contribution in [1.29, 1.82) is 0 Å². The molecule has 0 bridgehead atoms. The van der Waals surface area contributed by atoms with Gasteiger partial charge in [0.05, 0.1) is 10.3 Å². The molecule has 1 N–H and O–H groups in total. The van der Waals surface area contributed by atoms with E-state index in [0.717, 1.165) is 30.2 Å². The Hall–Kier alpha value is -2.21. The minimum absolute atomic E-state index is 0.119. The number of anilines is 1. The van der Waals surface area contributed by atoms with Crippen molar-refractivity contribution in [3.63, 3.8) is 0 Å². The van der Waals surface area contributed by atoms with Crippen LogP contribution in [0.15, 0.2) is 30.6 Å². The van der Waals surface area contributed by atoms with Gasteiger partial charge in [-0.05, 0) is 32.0 Å². The van der Waals surface area contributed by atoms with Gasteiger partial charge in [-0.25, -0.2) is 0 Å². The van der Waals surface area contributed by atoms with Crippen LogP contribution in [0.5, 0.6) is 0 Å². The number of pyridine rings is 1. The molecule has 0 aliphatic heterocycles. The number of nitrogens with zero attached hydrogens (tertiary/aromatic N) is 3. The Balaban J connectivity index is 1.78. The molecule has 6 nitrogen and oxygen atoms in total. The van der Waals surface area contributed by atoms with E-state index in [2.05, 4.69) is 22.2 Å². The number of nitro groups is 1. The summed E-state index contributed by atoms with van der Waals surface area (Å²) in [5.74, 6) is 0. The van der Waals surface area contributed by atoms with Gasteiger partial charge in [0.1, 0.15) is 0 Å². The minimum atomic E-state index is -0.354. The van der Waals surface area contributed by atoms with Crippen LogP contribution in [0.1, 0.15) is 12.8 Å². The van der Waals surface area contributed by atoms with Crippen LogP contribution in [-0.2, 0) is 0 Å². The van der Waals surface area contributed by atoms with E-state index in [4.69, 9.17) is 0 Å². The van der Waals surface area contributed by atoms with Gasteiger partial charge in [-0.3, -0.25) is 15.1 Å². The van der Waals surface area contributed by atoms with E-state index in [0.29, 0.717) is 5.39 Å². The minimum Gasteiger partial charge on any atom is -0.383 e. The molecule has 1 heterocycles. The highest BCUT2D eigenvalue weighted by molar-refractivity contribution is 5.99. The number of hydrogen-bond acceptors (Lipinski definition) is 5. The first-order valence-corrected chi connectivity index (χ1v) is 7.12. The molecule has 1 aromatic heterocycles. The summed E-state index contributed by atoms with van der Waals surface area (Å²) in [7, 11) is 2.13. The SMILES string of the molecule is CN(CCNc1ccc([N+](=O)[O-])c2ccncc12)C1CC1. The van der Waals surface area contributed by atoms with E-state index in [1.54, 1.807) is 30.6 Å². The average Bonchev–Trinajstić information content (AvgIpc) is 3.31. The van der Waals surface area contributed by atoms with Crippen molar-refractivity contribution < 1.29 is 4.92 Å². The number of benzene rings is 1. The van der Waals surface area contributed by atoms with Crippen molar-refractivity contribution in [2.45, 2.75) is 18.9 Å². The second-order valence-electron chi connectivity index (χ2n) is 5.45. The number of fused-ring (bicyclic) bond motifs is 1. The fourth-order valence-corrected chi connectivity index (χ4v) is 2.55. The van der Waals surface area contributed by atoms with E-state index in [-0.39, 0.29) is 10.6 Å². The van der Waals surface area contributed by atoms with E-state index >= 15 is 0 Å². The lowest BCUT2D eigenvalue weighted by Crippen LogP contribution is -2.27. The Morgan fingerprint density at radius 1 is 1.38 bits per heavy atom. The highest BCUT2D eigenvalue weighted by Gasteiger charge is 2.25. The molecule has 21 heavy (non-hydrogen) atoms. The molecule has 1 fully saturated rings. The first-order valence-electron chi connectivity index (χ1n) is 7.12. The molecular formula is C15H18N4O2. The lowest BCUT2D eigenvalue weighted by atomic mass is 10.1. The number of non-ortho nitro benzene ring substituents is 1. The van der Waals surface area contributed by atoms with Gasteiger partial charge in [0.2, 0.25) is 0 Å². The van der Waals surface area contributed by atoms with Gasteiger partial charge in [0, 0.05) is 48.7 Å². The predicted octanol–water partition coefficient (Wildman–Crippen LogP) is 2.65. The zero-order chi connectivity index (χ0) is 14.8. The van der Waals surface area contributed by atoms with Crippen molar-refractivity contribution in [3.8, 4) is 0 Å². The topological polar surface area (TPSA) is 71.3 Å². The molecule has 0 atom stereocenters. The second kappa shape index (κ2) is 5.65. The van der Waals surface area contributed by atoms with Crippen LogP contribution in [0, 0.1) is 10.1 Å². The van der Waals surface area contributed by atoms with Crippen molar-refractivity contribution in [2.75, 3.05) is 25.5 Å². The molecule has 0 unspecified atom stereocenters. The smallest absolute Gasteiger partial charge is 0.277 e. The van der Waals surface area contributed by atoms with Gasteiger partial charge in [-0.2, -0.15) is 0 Å². The van der Waals surface area contributed by atoms with Crippen molar-refractivity contribution >= 4 is 22.1 Å². The van der Waals surface area contributed by atoms with Crippen LogP contribution in [0.3, 0.4) is 0 Å². The maximum atomic E-state index is 11.1.